The van der Waals surface area contributed by atoms with Crippen LogP contribution >= 0.6 is 11.6 Å². The van der Waals surface area contributed by atoms with Crippen LogP contribution in [0.2, 0.25) is 5.02 Å². The van der Waals surface area contributed by atoms with E-state index >= 15 is 0 Å². The van der Waals surface area contributed by atoms with Crippen molar-refractivity contribution in [2.75, 3.05) is 33.4 Å². The molecule has 0 radical (unpaired) electrons. The summed E-state index contributed by atoms with van der Waals surface area (Å²) < 4.78 is 10.5. The molecule has 1 aromatic carbocycles. The summed E-state index contributed by atoms with van der Waals surface area (Å²) >= 11 is 6.03. The van der Waals surface area contributed by atoms with Gasteiger partial charge >= 0.3 is 6.09 Å². The molecule has 144 valence electrons. The molecule has 26 heavy (non-hydrogen) atoms. The van der Waals surface area contributed by atoms with Crippen LogP contribution in [0.3, 0.4) is 0 Å². The highest BCUT2D eigenvalue weighted by atomic mass is 35.5. The number of nitrogens with two attached hydrogens (primary N) is 1. The molecule has 3 N–H and O–H groups in total. The second-order valence-electron chi connectivity index (χ2n) is 6.11. The molecular formula is C18H27ClN4O3. The number of rotatable bonds is 6. The maximum Gasteiger partial charge on any atom is 0.409 e. The Morgan fingerprint density at radius 2 is 2.19 bits per heavy atom. The Bertz CT molecular complexity index is 618. The van der Waals surface area contributed by atoms with Crippen molar-refractivity contribution in [2.45, 2.75) is 31.9 Å². The van der Waals surface area contributed by atoms with Crippen molar-refractivity contribution < 1.29 is 14.3 Å². The molecule has 0 spiro atoms. The van der Waals surface area contributed by atoms with Crippen LogP contribution in [0.4, 0.5) is 4.79 Å². The highest BCUT2D eigenvalue weighted by Gasteiger charge is 2.23. The Morgan fingerprint density at radius 1 is 1.46 bits per heavy atom. The Labute approximate surface area is 159 Å². The summed E-state index contributed by atoms with van der Waals surface area (Å²) in [6.45, 7) is 3.89. The van der Waals surface area contributed by atoms with Gasteiger partial charge in [-0.2, -0.15) is 0 Å². The Kier molecular flexibility index (Phi) is 8.00. The zero-order valence-corrected chi connectivity index (χ0v) is 16.0. The van der Waals surface area contributed by atoms with Gasteiger partial charge in [-0.25, -0.2) is 4.79 Å². The standard InChI is InChI=1S/C18H27ClN4O3/c1-3-26-18(24)23-9-7-15(8-10-23)22-17(20)21-12-16(25-2)13-5-4-6-14(19)11-13/h4-6,11,15-16H,3,7-10,12H2,1-2H3,(H3,20,21,22). The molecule has 7 nitrogen and oxygen atoms in total. The summed E-state index contributed by atoms with van der Waals surface area (Å²) in [5.74, 6) is 0.378. The number of benzene rings is 1. The average Bonchev–Trinajstić information content (AvgIpc) is 2.63. The van der Waals surface area contributed by atoms with Gasteiger partial charge in [0.25, 0.3) is 0 Å². The largest absolute Gasteiger partial charge is 0.450 e. The van der Waals surface area contributed by atoms with Crippen molar-refractivity contribution in [3.63, 3.8) is 0 Å². The molecule has 1 aliphatic heterocycles. The summed E-state index contributed by atoms with van der Waals surface area (Å²) in [6, 6.07) is 7.70. The van der Waals surface area contributed by atoms with E-state index in [4.69, 9.17) is 26.8 Å². The normalized spacial score (nSPS) is 17.0. The van der Waals surface area contributed by atoms with Crippen LogP contribution in [-0.4, -0.2) is 56.3 Å². The molecule has 0 aliphatic carbocycles. The van der Waals surface area contributed by atoms with Crippen LogP contribution in [0.1, 0.15) is 31.4 Å². The number of nitrogens with one attached hydrogen (secondary N) is 1. The molecule has 1 fully saturated rings. The Balaban J connectivity index is 1.82. The topological polar surface area (TPSA) is 89.2 Å². The van der Waals surface area contributed by atoms with Crippen molar-refractivity contribution in [3.05, 3.63) is 34.9 Å². The van der Waals surface area contributed by atoms with E-state index in [2.05, 4.69) is 10.3 Å². The van der Waals surface area contributed by atoms with Crippen LogP contribution in [0, 0.1) is 0 Å². The lowest BCUT2D eigenvalue weighted by atomic mass is 10.1. The number of hydrogen-bond acceptors (Lipinski definition) is 4. The summed E-state index contributed by atoms with van der Waals surface area (Å²) in [7, 11) is 1.63. The van der Waals surface area contributed by atoms with Gasteiger partial charge in [0.1, 0.15) is 6.10 Å². The molecule has 1 amide bonds. The first-order valence-electron chi connectivity index (χ1n) is 8.79. The van der Waals surface area contributed by atoms with Gasteiger partial charge in [-0.15, -0.1) is 0 Å². The van der Waals surface area contributed by atoms with E-state index in [0.29, 0.717) is 37.2 Å². The molecule has 2 rings (SSSR count). The number of nitrogens with zero attached hydrogens (tertiary/aromatic N) is 2. The highest BCUT2D eigenvalue weighted by Crippen LogP contribution is 2.20. The minimum atomic E-state index is -0.253. The van der Waals surface area contributed by atoms with E-state index < -0.39 is 0 Å². The maximum atomic E-state index is 11.7. The number of methoxy groups -OCH3 is 1. The first kappa shape index (κ1) is 20.3. The number of hydrogen-bond donors (Lipinski definition) is 2. The van der Waals surface area contributed by atoms with Gasteiger partial charge in [-0.05, 0) is 37.5 Å². The fraction of sp³-hybridized carbons (Fsp3) is 0.556. The molecule has 0 saturated carbocycles. The number of aliphatic imine (C=N–C) groups is 1. The first-order chi connectivity index (χ1) is 12.5. The summed E-state index contributed by atoms with van der Waals surface area (Å²) in [6.07, 6.45) is 1.14. The van der Waals surface area contributed by atoms with Crippen molar-refractivity contribution in [1.82, 2.24) is 10.2 Å². The Morgan fingerprint density at radius 3 is 2.81 bits per heavy atom. The number of halogens is 1. The van der Waals surface area contributed by atoms with E-state index in [1.807, 2.05) is 24.3 Å². The number of ether oxygens (including phenoxy) is 2. The molecule has 1 aliphatic rings. The van der Waals surface area contributed by atoms with Gasteiger partial charge in [0.05, 0.1) is 13.2 Å². The molecule has 1 unspecified atom stereocenters. The quantitative estimate of drug-likeness (QED) is 0.583. The van der Waals surface area contributed by atoms with E-state index in [-0.39, 0.29) is 18.2 Å². The zero-order valence-electron chi connectivity index (χ0n) is 15.3. The summed E-state index contributed by atoms with van der Waals surface area (Å²) in [5.41, 5.74) is 6.97. The van der Waals surface area contributed by atoms with Gasteiger partial charge < -0.3 is 25.4 Å². The zero-order chi connectivity index (χ0) is 18.9. The van der Waals surface area contributed by atoms with E-state index in [9.17, 15) is 4.79 Å². The van der Waals surface area contributed by atoms with Gasteiger partial charge in [0.2, 0.25) is 0 Å². The fourth-order valence-corrected chi connectivity index (χ4v) is 3.08. The molecule has 1 atom stereocenters. The maximum absolute atomic E-state index is 11.7. The summed E-state index contributed by atoms with van der Waals surface area (Å²) in [5, 5.41) is 3.88. The minimum absolute atomic E-state index is 0.191. The number of piperidine rings is 1. The molecule has 1 heterocycles. The lowest BCUT2D eigenvalue weighted by Crippen LogP contribution is -2.48. The van der Waals surface area contributed by atoms with Gasteiger partial charge in [-0.3, -0.25) is 4.99 Å². The monoisotopic (exact) mass is 382 g/mol. The third kappa shape index (κ3) is 6.07. The molecule has 1 saturated heterocycles. The first-order valence-corrected chi connectivity index (χ1v) is 9.17. The predicted molar refractivity (Wildman–Crippen MR) is 102 cm³/mol. The van der Waals surface area contributed by atoms with Crippen molar-refractivity contribution >= 4 is 23.7 Å². The predicted octanol–water partition coefficient (Wildman–Crippen LogP) is 2.55. The second-order valence-corrected chi connectivity index (χ2v) is 6.55. The Hall–Kier alpha value is -1.99. The van der Waals surface area contributed by atoms with Gasteiger partial charge in [0.15, 0.2) is 5.96 Å². The fourth-order valence-electron chi connectivity index (χ4n) is 2.88. The minimum Gasteiger partial charge on any atom is -0.450 e. The molecule has 1 aromatic rings. The van der Waals surface area contributed by atoms with Gasteiger partial charge in [0, 0.05) is 31.3 Å². The van der Waals surface area contributed by atoms with E-state index in [1.54, 1.807) is 18.9 Å². The summed E-state index contributed by atoms with van der Waals surface area (Å²) in [4.78, 5) is 17.8. The number of carbonyl (C=O) groups excluding carboxylic acids is 1. The van der Waals surface area contributed by atoms with E-state index in [1.165, 1.54) is 0 Å². The second kappa shape index (κ2) is 10.2. The SMILES string of the molecule is CCOC(=O)N1CCC(NC(N)=NCC(OC)c2cccc(Cl)c2)CC1. The lowest BCUT2D eigenvalue weighted by Gasteiger charge is -2.31. The number of guanidine groups is 1. The highest BCUT2D eigenvalue weighted by molar-refractivity contribution is 6.30. The third-order valence-electron chi connectivity index (χ3n) is 4.31. The van der Waals surface area contributed by atoms with Crippen LogP contribution in [0.5, 0.6) is 0 Å². The van der Waals surface area contributed by atoms with Crippen molar-refractivity contribution in [1.29, 1.82) is 0 Å². The molecule has 8 heteroatoms. The number of amides is 1. The van der Waals surface area contributed by atoms with Gasteiger partial charge in [-0.1, -0.05) is 23.7 Å². The van der Waals surface area contributed by atoms with Crippen LogP contribution in [0.15, 0.2) is 29.3 Å². The van der Waals surface area contributed by atoms with Crippen LogP contribution < -0.4 is 11.1 Å². The van der Waals surface area contributed by atoms with Crippen LogP contribution in [0.25, 0.3) is 0 Å². The smallest absolute Gasteiger partial charge is 0.409 e. The molecule has 0 aromatic heterocycles. The number of likely N-dealkylation sites (tertiary alicyclic amines) is 1. The van der Waals surface area contributed by atoms with Crippen LogP contribution in [-0.2, 0) is 9.47 Å². The lowest BCUT2D eigenvalue weighted by molar-refractivity contribution is 0.0962. The molecular weight excluding hydrogens is 356 g/mol. The van der Waals surface area contributed by atoms with E-state index in [0.717, 1.165) is 18.4 Å². The van der Waals surface area contributed by atoms with Crippen molar-refractivity contribution in [3.8, 4) is 0 Å². The average molecular weight is 383 g/mol. The number of carbonyl (C=O) groups is 1. The molecule has 0 bridgehead atoms. The van der Waals surface area contributed by atoms with Crippen molar-refractivity contribution in [2.24, 2.45) is 10.7 Å². The third-order valence-corrected chi connectivity index (χ3v) is 4.54.